The molecule has 2 rings (SSSR count). The first-order chi connectivity index (χ1) is 9.50. The maximum atomic E-state index is 12.6. The van der Waals surface area contributed by atoms with Crippen LogP contribution in [-0.2, 0) is 9.59 Å². The fourth-order valence-electron chi connectivity index (χ4n) is 3.79. The lowest BCUT2D eigenvalue weighted by Gasteiger charge is -2.26. The predicted molar refractivity (Wildman–Crippen MR) is 77.2 cm³/mol. The van der Waals surface area contributed by atoms with Crippen molar-refractivity contribution in [3.63, 3.8) is 0 Å². The molecule has 0 aromatic rings. The van der Waals surface area contributed by atoms with Gasteiger partial charge in [0.2, 0.25) is 5.91 Å². The first-order valence-electron chi connectivity index (χ1n) is 8.02. The Balaban J connectivity index is 1.97. The number of carbonyl (C=O) groups is 2. The molecular formula is C16H27NO3. The zero-order chi connectivity index (χ0) is 14.7. The van der Waals surface area contributed by atoms with E-state index in [1.807, 2.05) is 4.90 Å². The number of likely N-dealkylation sites (tertiary alicyclic amines) is 1. The highest BCUT2D eigenvalue weighted by Gasteiger charge is 2.40. The fourth-order valence-corrected chi connectivity index (χ4v) is 3.79. The van der Waals surface area contributed by atoms with E-state index >= 15 is 0 Å². The standard InChI is InChI=1S/C16H27NO3/c1-11(2)12-5-4-9-17(10-8-12)15(18)13-6-3-7-14(13)16(19)20/h11-14H,3-10H2,1-2H3,(H,19,20). The number of carbonyl (C=O) groups excluding carboxylic acids is 1. The molecule has 1 amide bonds. The summed E-state index contributed by atoms with van der Waals surface area (Å²) in [7, 11) is 0. The van der Waals surface area contributed by atoms with Crippen LogP contribution in [0.4, 0.5) is 0 Å². The Morgan fingerprint density at radius 1 is 1.00 bits per heavy atom. The molecule has 1 saturated heterocycles. The molecule has 1 heterocycles. The molecule has 3 unspecified atom stereocenters. The third-order valence-electron chi connectivity index (χ3n) is 5.18. The van der Waals surface area contributed by atoms with E-state index in [0.717, 1.165) is 38.8 Å². The lowest BCUT2D eigenvalue weighted by atomic mass is 9.89. The summed E-state index contributed by atoms with van der Waals surface area (Å²) in [6, 6.07) is 0. The van der Waals surface area contributed by atoms with Crippen LogP contribution in [0.25, 0.3) is 0 Å². The summed E-state index contributed by atoms with van der Waals surface area (Å²) in [5.74, 6) is -0.0558. The molecule has 3 atom stereocenters. The summed E-state index contributed by atoms with van der Waals surface area (Å²) < 4.78 is 0. The van der Waals surface area contributed by atoms with Crippen molar-refractivity contribution in [1.82, 2.24) is 4.90 Å². The monoisotopic (exact) mass is 281 g/mol. The van der Waals surface area contributed by atoms with Gasteiger partial charge in [-0.2, -0.15) is 0 Å². The van der Waals surface area contributed by atoms with Gasteiger partial charge in [0.15, 0.2) is 0 Å². The minimum atomic E-state index is -0.796. The van der Waals surface area contributed by atoms with E-state index in [9.17, 15) is 14.7 Å². The van der Waals surface area contributed by atoms with Gasteiger partial charge >= 0.3 is 5.97 Å². The van der Waals surface area contributed by atoms with E-state index < -0.39 is 11.9 Å². The van der Waals surface area contributed by atoms with Crippen molar-refractivity contribution in [2.24, 2.45) is 23.7 Å². The molecule has 114 valence electrons. The first kappa shape index (κ1) is 15.3. The molecule has 1 aliphatic carbocycles. The van der Waals surface area contributed by atoms with Crippen LogP contribution in [0.5, 0.6) is 0 Å². The zero-order valence-electron chi connectivity index (χ0n) is 12.7. The van der Waals surface area contributed by atoms with E-state index in [1.165, 1.54) is 6.42 Å². The molecular weight excluding hydrogens is 254 g/mol. The lowest BCUT2D eigenvalue weighted by molar-refractivity contribution is -0.149. The van der Waals surface area contributed by atoms with E-state index in [4.69, 9.17) is 0 Å². The molecule has 0 bridgehead atoms. The lowest BCUT2D eigenvalue weighted by Crippen LogP contribution is -2.39. The SMILES string of the molecule is CC(C)C1CCCN(C(=O)C2CCCC2C(=O)O)CC1. The number of carboxylic acid groups (broad SMARTS) is 1. The predicted octanol–water partition coefficient (Wildman–Crippen LogP) is 2.77. The van der Waals surface area contributed by atoms with E-state index in [0.29, 0.717) is 18.3 Å². The van der Waals surface area contributed by atoms with Crippen molar-refractivity contribution in [3.05, 3.63) is 0 Å². The summed E-state index contributed by atoms with van der Waals surface area (Å²) in [5, 5.41) is 9.23. The number of nitrogens with zero attached hydrogens (tertiary/aromatic N) is 1. The molecule has 0 spiro atoms. The average molecular weight is 281 g/mol. The number of aliphatic carboxylic acids is 1. The van der Waals surface area contributed by atoms with Crippen molar-refractivity contribution in [3.8, 4) is 0 Å². The van der Waals surface area contributed by atoms with Gasteiger partial charge in [0.1, 0.15) is 0 Å². The highest BCUT2D eigenvalue weighted by molar-refractivity contribution is 5.85. The van der Waals surface area contributed by atoms with Crippen LogP contribution >= 0.6 is 0 Å². The van der Waals surface area contributed by atoms with Gasteiger partial charge in [-0.15, -0.1) is 0 Å². The van der Waals surface area contributed by atoms with Crippen molar-refractivity contribution >= 4 is 11.9 Å². The molecule has 1 saturated carbocycles. The topological polar surface area (TPSA) is 57.6 Å². The number of hydrogen-bond donors (Lipinski definition) is 1. The second-order valence-electron chi connectivity index (χ2n) is 6.74. The Labute approximate surface area is 121 Å². The van der Waals surface area contributed by atoms with E-state index in [-0.39, 0.29) is 11.8 Å². The molecule has 0 aromatic carbocycles. The number of rotatable bonds is 3. The van der Waals surface area contributed by atoms with Crippen LogP contribution in [0.15, 0.2) is 0 Å². The second-order valence-corrected chi connectivity index (χ2v) is 6.74. The molecule has 1 N–H and O–H groups in total. The van der Waals surface area contributed by atoms with Crippen LogP contribution in [0.1, 0.15) is 52.4 Å². The van der Waals surface area contributed by atoms with Gasteiger partial charge in [-0.25, -0.2) is 0 Å². The molecule has 2 fully saturated rings. The molecule has 1 aliphatic heterocycles. The van der Waals surface area contributed by atoms with E-state index in [2.05, 4.69) is 13.8 Å². The number of hydrogen-bond acceptors (Lipinski definition) is 2. The fraction of sp³-hybridized carbons (Fsp3) is 0.875. The number of amides is 1. The van der Waals surface area contributed by atoms with Crippen LogP contribution in [0.3, 0.4) is 0 Å². The van der Waals surface area contributed by atoms with Gasteiger partial charge in [0, 0.05) is 13.1 Å². The minimum Gasteiger partial charge on any atom is -0.481 e. The average Bonchev–Trinajstić information content (AvgIpc) is 2.75. The van der Waals surface area contributed by atoms with Gasteiger partial charge in [-0.3, -0.25) is 9.59 Å². The first-order valence-corrected chi connectivity index (χ1v) is 8.02. The summed E-state index contributed by atoms with van der Waals surface area (Å²) in [6.07, 6.45) is 5.59. The molecule has 20 heavy (non-hydrogen) atoms. The van der Waals surface area contributed by atoms with Gasteiger partial charge in [0.05, 0.1) is 11.8 Å². The largest absolute Gasteiger partial charge is 0.481 e. The Morgan fingerprint density at radius 3 is 2.35 bits per heavy atom. The minimum absolute atomic E-state index is 0.0966. The summed E-state index contributed by atoms with van der Waals surface area (Å²) >= 11 is 0. The molecule has 2 aliphatic rings. The van der Waals surface area contributed by atoms with Gasteiger partial charge < -0.3 is 10.0 Å². The van der Waals surface area contributed by atoms with Crippen LogP contribution in [-0.4, -0.2) is 35.0 Å². The van der Waals surface area contributed by atoms with Gasteiger partial charge in [0.25, 0.3) is 0 Å². The summed E-state index contributed by atoms with van der Waals surface area (Å²) in [5.41, 5.74) is 0. The quantitative estimate of drug-likeness (QED) is 0.865. The molecule has 0 aromatic heterocycles. The normalized spacial score (nSPS) is 31.4. The zero-order valence-corrected chi connectivity index (χ0v) is 12.7. The second kappa shape index (κ2) is 6.59. The maximum absolute atomic E-state index is 12.6. The number of carboxylic acids is 1. The van der Waals surface area contributed by atoms with Gasteiger partial charge in [-0.05, 0) is 43.9 Å². The Hall–Kier alpha value is -1.06. The van der Waals surface area contributed by atoms with Crippen molar-refractivity contribution < 1.29 is 14.7 Å². The van der Waals surface area contributed by atoms with E-state index in [1.54, 1.807) is 0 Å². The van der Waals surface area contributed by atoms with Crippen LogP contribution in [0, 0.1) is 23.7 Å². The van der Waals surface area contributed by atoms with Crippen molar-refractivity contribution in [2.75, 3.05) is 13.1 Å². The summed E-state index contributed by atoms with van der Waals surface area (Å²) in [4.78, 5) is 25.8. The van der Waals surface area contributed by atoms with Gasteiger partial charge in [-0.1, -0.05) is 20.3 Å². The molecule has 0 radical (unpaired) electrons. The smallest absolute Gasteiger partial charge is 0.307 e. The highest BCUT2D eigenvalue weighted by Crippen LogP contribution is 2.34. The molecule has 4 nitrogen and oxygen atoms in total. The van der Waals surface area contributed by atoms with Crippen LogP contribution in [0.2, 0.25) is 0 Å². The maximum Gasteiger partial charge on any atom is 0.307 e. The summed E-state index contributed by atoms with van der Waals surface area (Å²) in [6.45, 7) is 6.12. The van der Waals surface area contributed by atoms with Crippen LogP contribution < -0.4 is 0 Å². The third-order valence-corrected chi connectivity index (χ3v) is 5.18. The molecule has 4 heteroatoms. The Morgan fingerprint density at radius 2 is 1.70 bits per heavy atom. The Kier molecular flexibility index (Phi) is 5.06. The third kappa shape index (κ3) is 3.33. The Bertz CT molecular complexity index is 367. The van der Waals surface area contributed by atoms with Crippen molar-refractivity contribution in [1.29, 1.82) is 0 Å². The van der Waals surface area contributed by atoms with Crippen molar-refractivity contribution in [2.45, 2.75) is 52.4 Å². The highest BCUT2D eigenvalue weighted by atomic mass is 16.4.